The average molecular weight is 208 g/mol. The third-order valence-corrected chi connectivity index (χ3v) is 2.81. The zero-order valence-electron chi connectivity index (χ0n) is 8.15. The van der Waals surface area contributed by atoms with Crippen molar-refractivity contribution in [3.8, 4) is 0 Å². The van der Waals surface area contributed by atoms with Gasteiger partial charge in [-0.15, -0.1) is 0 Å². The van der Waals surface area contributed by atoms with E-state index in [1.807, 2.05) is 0 Å². The molecule has 0 saturated heterocycles. The molecule has 0 fully saturated rings. The van der Waals surface area contributed by atoms with E-state index in [0.29, 0.717) is 6.54 Å². The number of nitrogens with two attached hydrogens (primary N) is 1. The molecular weight excluding hydrogens is 192 g/mol. The molecule has 6 heteroatoms. The predicted molar refractivity (Wildman–Crippen MR) is 51.0 cm³/mol. The minimum absolute atomic E-state index is 0.0428. The van der Waals surface area contributed by atoms with E-state index >= 15 is 0 Å². The molecule has 0 aromatic heterocycles. The molecular formula is C7H16N2O3S. The minimum atomic E-state index is -2.97. The van der Waals surface area contributed by atoms with Crippen LogP contribution in [0, 0.1) is 0 Å². The molecule has 0 aliphatic carbocycles. The van der Waals surface area contributed by atoms with Crippen LogP contribution < -0.4 is 5.73 Å². The molecule has 0 heterocycles. The van der Waals surface area contributed by atoms with Gasteiger partial charge in [0.25, 0.3) is 0 Å². The van der Waals surface area contributed by atoms with Crippen molar-refractivity contribution in [1.29, 1.82) is 0 Å². The minimum Gasteiger partial charge on any atom is -0.368 e. The maximum absolute atomic E-state index is 10.8. The second kappa shape index (κ2) is 4.57. The summed E-state index contributed by atoms with van der Waals surface area (Å²) in [5, 5.41) is 0. The van der Waals surface area contributed by atoms with E-state index < -0.39 is 21.8 Å². The summed E-state index contributed by atoms with van der Waals surface area (Å²) in [7, 11) is -1.30. The first kappa shape index (κ1) is 12.4. The lowest BCUT2D eigenvalue weighted by Crippen LogP contribution is -2.42. The van der Waals surface area contributed by atoms with Crippen LogP contribution in [0.3, 0.4) is 0 Å². The highest BCUT2D eigenvalue weighted by atomic mass is 32.2. The number of hydrogen-bond donors (Lipinski definition) is 1. The molecule has 0 aromatic rings. The Morgan fingerprint density at radius 3 is 2.31 bits per heavy atom. The van der Waals surface area contributed by atoms with Gasteiger partial charge in [0.15, 0.2) is 0 Å². The van der Waals surface area contributed by atoms with Crippen molar-refractivity contribution in [3.05, 3.63) is 0 Å². The topological polar surface area (TPSA) is 80.5 Å². The zero-order valence-corrected chi connectivity index (χ0v) is 8.97. The fourth-order valence-corrected chi connectivity index (χ4v) is 1.34. The van der Waals surface area contributed by atoms with Gasteiger partial charge in [-0.25, -0.2) is 8.42 Å². The molecule has 0 rings (SSSR count). The standard InChI is InChI=1S/C7H16N2O3S/c1-6(7(8)10)9(2)4-5-13(3,11)12/h6H,4-5H2,1-3H3,(H2,8,10). The summed E-state index contributed by atoms with van der Waals surface area (Å²) in [5.74, 6) is -0.405. The lowest BCUT2D eigenvalue weighted by Gasteiger charge is -2.20. The van der Waals surface area contributed by atoms with Gasteiger partial charge in [-0.3, -0.25) is 9.69 Å². The number of sulfone groups is 1. The fourth-order valence-electron chi connectivity index (χ4n) is 0.721. The maximum atomic E-state index is 10.8. The fraction of sp³-hybridized carbons (Fsp3) is 0.857. The van der Waals surface area contributed by atoms with Crippen molar-refractivity contribution in [1.82, 2.24) is 4.90 Å². The number of carbonyl (C=O) groups excluding carboxylic acids is 1. The highest BCUT2D eigenvalue weighted by Crippen LogP contribution is 1.95. The highest BCUT2D eigenvalue weighted by molar-refractivity contribution is 7.90. The molecule has 0 bridgehead atoms. The molecule has 1 atom stereocenters. The Morgan fingerprint density at radius 1 is 1.54 bits per heavy atom. The van der Waals surface area contributed by atoms with Crippen LogP contribution in [0.2, 0.25) is 0 Å². The van der Waals surface area contributed by atoms with Gasteiger partial charge in [0.05, 0.1) is 11.8 Å². The molecule has 0 saturated carbocycles. The quantitative estimate of drug-likeness (QED) is 0.618. The SMILES string of the molecule is CC(C(N)=O)N(C)CCS(C)(=O)=O. The van der Waals surface area contributed by atoms with E-state index in [2.05, 4.69) is 0 Å². The normalized spacial score (nSPS) is 14.5. The smallest absolute Gasteiger partial charge is 0.234 e. The summed E-state index contributed by atoms with van der Waals surface area (Å²) in [6.45, 7) is 1.97. The molecule has 0 radical (unpaired) electrons. The summed E-state index contributed by atoms with van der Waals surface area (Å²) in [4.78, 5) is 12.3. The Bertz CT molecular complexity index is 273. The number of nitrogens with zero attached hydrogens (tertiary/aromatic N) is 1. The summed E-state index contributed by atoms with van der Waals surface area (Å²) in [5.41, 5.74) is 5.05. The third-order valence-electron chi connectivity index (χ3n) is 1.89. The Morgan fingerprint density at radius 2 is 2.00 bits per heavy atom. The molecule has 2 N–H and O–H groups in total. The van der Waals surface area contributed by atoms with Gasteiger partial charge in [0.1, 0.15) is 9.84 Å². The van der Waals surface area contributed by atoms with Crippen LogP contribution in [0.5, 0.6) is 0 Å². The first-order valence-corrected chi connectivity index (χ1v) is 5.97. The van der Waals surface area contributed by atoms with Crippen LogP contribution in [0.4, 0.5) is 0 Å². The van der Waals surface area contributed by atoms with Gasteiger partial charge >= 0.3 is 0 Å². The lowest BCUT2D eigenvalue weighted by molar-refractivity contribution is -0.122. The largest absolute Gasteiger partial charge is 0.368 e. The Labute approximate surface area is 78.8 Å². The van der Waals surface area contributed by atoms with Gasteiger partial charge in [0.2, 0.25) is 5.91 Å². The highest BCUT2D eigenvalue weighted by Gasteiger charge is 2.15. The van der Waals surface area contributed by atoms with E-state index in [0.717, 1.165) is 6.26 Å². The molecule has 1 unspecified atom stereocenters. The van der Waals surface area contributed by atoms with Crippen molar-refractivity contribution < 1.29 is 13.2 Å². The van der Waals surface area contributed by atoms with Crippen LogP contribution >= 0.6 is 0 Å². The Balaban J connectivity index is 4.02. The summed E-state index contributed by atoms with van der Waals surface area (Å²) in [6.07, 6.45) is 1.16. The molecule has 0 spiro atoms. The first-order valence-electron chi connectivity index (χ1n) is 3.91. The van der Waals surface area contributed by atoms with Gasteiger partial charge in [-0.1, -0.05) is 0 Å². The van der Waals surface area contributed by atoms with Crippen LogP contribution in [0.1, 0.15) is 6.92 Å². The maximum Gasteiger partial charge on any atom is 0.234 e. The lowest BCUT2D eigenvalue weighted by atomic mass is 10.3. The average Bonchev–Trinajstić information content (AvgIpc) is 1.97. The number of rotatable bonds is 5. The summed E-state index contributed by atoms with van der Waals surface area (Å²) >= 11 is 0. The Kier molecular flexibility index (Phi) is 4.35. The van der Waals surface area contributed by atoms with Gasteiger partial charge in [-0.05, 0) is 14.0 Å². The van der Waals surface area contributed by atoms with Crippen LogP contribution in [0.25, 0.3) is 0 Å². The van der Waals surface area contributed by atoms with Gasteiger partial charge in [-0.2, -0.15) is 0 Å². The molecule has 78 valence electrons. The molecule has 13 heavy (non-hydrogen) atoms. The molecule has 1 amide bonds. The molecule has 0 aliphatic rings. The molecule has 0 aromatic carbocycles. The van der Waals surface area contributed by atoms with Crippen molar-refractivity contribution in [2.24, 2.45) is 5.73 Å². The van der Waals surface area contributed by atoms with E-state index in [9.17, 15) is 13.2 Å². The number of likely N-dealkylation sites (N-methyl/N-ethyl adjacent to an activating group) is 1. The second-order valence-electron chi connectivity index (χ2n) is 3.19. The Hall–Kier alpha value is -0.620. The number of carbonyl (C=O) groups is 1. The van der Waals surface area contributed by atoms with Crippen molar-refractivity contribution >= 4 is 15.7 Å². The molecule has 0 aliphatic heterocycles. The third kappa shape index (κ3) is 5.59. The number of primary amides is 1. The predicted octanol–water partition coefficient (Wildman–Crippen LogP) is -1.16. The van der Waals surface area contributed by atoms with Crippen molar-refractivity contribution in [2.45, 2.75) is 13.0 Å². The van der Waals surface area contributed by atoms with E-state index in [-0.39, 0.29) is 5.75 Å². The first-order chi connectivity index (χ1) is 5.74. The van der Waals surface area contributed by atoms with Crippen LogP contribution in [-0.4, -0.2) is 50.9 Å². The van der Waals surface area contributed by atoms with Crippen molar-refractivity contribution in [2.75, 3.05) is 25.6 Å². The number of amides is 1. The van der Waals surface area contributed by atoms with Crippen LogP contribution in [-0.2, 0) is 14.6 Å². The summed E-state index contributed by atoms with van der Waals surface area (Å²) in [6, 6.07) is -0.429. The van der Waals surface area contributed by atoms with E-state index in [1.54, 1.807) is 18.9 Å². The van der Waals surface area contributed by atoms with Crippen molar-refractivity contribution in [3.63, 3.8) is 0 Å². The second-order valence-corrected chi connectivity index (χ2v) is 5.45. The molecule has 5 nitrogen and oxygen atoms in total. The van der Waals surface area contributed by atoms with Crippen LogP contribution in [0.15, 0.2) is 0 Å². The number of hydrogen-bond acceptors (Lipinski definition) is 4. The summed E-state index contributed by atoms with van der Waals surface area (Å²) < 4.78 is 21.6. The monoisotopic (exact) mass is 208 g/mol. The van der Waals surface area contributed by atoms with Gasteiger partial charge in [0, 0.05) is 12.8 Å². The zero-order chi connectivity index (χ0) is 10.6. The van der Waals surface area contributed by atoms with Gasteiger partial charge < -0.3 is 5.73 Å². The van der Waals surface area contributed by atoms with E-state index in [4.69, 9.17) is 5.73 Å². The van der Waals surface area contributed by atoms with E-state index in [1.165, 1.54) is 0 Å².